The van der Waals surface area contributed by atoms with E-state index in [1.54, 1.807) is 6.07 Å². The number of rotatable bonds is 5. The Morgan fingerprint density at radius 2 is 2.05 bits per heavy atom. The minimum Gasteiger partial charge on any atom is -0.481 e. The zero-order chi connectivity index (χ0) is 14.6. The summed E-state index contributed by atoms with van der Waals surface area (Å²) < 4.78 is 13.0. The largest absolute Gasteiger partial charge is 0.481 e. The third-order valence-electron chi connectivity index (χ3n) is 2.92. The van der Waals surface area contributed by atoms with Gasteiger partial charge in [-0.05, 0) is 38.5 Å². The quantitative estimate of drug-likeness (QED) is 0.900. The summed E-state index contributed by atoms with van der Waals surface area (Å²) >= 11 is 6.00. The van der Waals surface area contributed by atoms with Crippen LogP contribution in [-0.4, -0.2) is 28.1 Å². The third-order valence-corrected chi connectivity index (χ3v) is 3.27. The molecule has 0 aliphatic rings. The lowest BCUT2D eigenvalue weighted by molar-refractivity contribution is -0.137. The van der Waals surface area contributed by atoms with Crippen molar-refractivity contribution in [3.63, 3.8) is 0 Å². The zero-order valence-electron chi connectivity index (χ0n) is 11.4. The van der Waals surface area contributed by atoms with Crippen LogP contribution in [0.25, 0.3) is 0 Å². The van der Waals surface area contributed by atoms with Crippen molar-refractivity contribution in [2.24, 2.45) is 0 Å². The Kier molecular flexibility index (Phi) is 5.32. The highest BCUT2D eigenvalue weighted by atomic mass is 35.5. The zero-order valence-corrected chi connectivity index (χ0v) is 12.2. The van der Waals surface area contributed by atoms with Gasteiger partial charge in [0.1, 0.15) is 5.82 Å². The highest BCUT2D eigenvalue weighted by molar-refractivity contribution is 6.31. The molecule has 3 nitrogen and oxygen atoms in total. The number of aliphatic carboxylic acids is 1. The summed E-state index contributed by atoms with van der Waals surface area (Å²) in [6.07, 6.45) is 0.0656. The van der Waals surface area contributed by atoms with E-state index in [2.05, 4.69) is 0 Å². The summed E-state index contributed by atoms with van der Waals surface area (Å²) in [5.41, 5.74) is 0.607. The fourth-order valence-corrected chi connectivity index (χ4v) is 1.96. The molecule has 0 saturated carbocycles. The van der Waals surface area contributed by atoms with Crippen LogP contribution in [0.5, 0.6) is 0 Å². The molecule has 0 aromatic heterocycles. The van der Waals surface area contributed by atoms with Crippen molar-refractivity contribution in [3.05, 3.63) is 34.6 Å². The predicted octanol–water partition coefficient (Wildman–Crippen LogP) is 3.55. The van der Waals surface area contributed by atoms with E-state index in [0.717, 1.165) is 5.56 Å². The van der Waals surface area contributed by atoms with E-state index < -0.39 is 5.97 Å². The molecule has 0 atom stereocenters. The van der Waals surface area contributed by atoms with Gasteiger partial charge in [0.05, 0.1) is 6.42 Å². The molecule has 0 aliphatic heterocycles. The van der Waals surface area contributed by atoms with E-state index in [-0.39, 0.29) is 17.8 Å². The van der Waals surface area contributed by atoms with Crippen LogP contribution in [0.4, 0.5) is 4.39 Å². The van der Waals surface area contributed by atoms with Gasteiger partial charge in [-0.15, -0.1) is 0 Å². The maximum Gasteiger partial charge on any atom is 0.304 e. The minimum absolute atomic E-state index is 0.0656. The molecule has 0 amide bonds. The summed E-state index contributed by atoms with van der Waals surface area (Å²) in [5, 5.41) is 9.15. The molecular formula is C14H19ClFNO2. The minimum atomic E-state index is -0.834. The average Bonchev–Trinajstić information content (AvgIpc) is 2.24. The molecule has 0 bridgehead atoms. The summed E-state index contributed by atoms with van der Waals surface area (Å²) in [6.45, 7) is 6.94. The summed E-state index contributed by atoms with van der Waals surface area (Å²) in [5.74, 6) is -1.21. The molecule has 0 aliphatic carbocycles. The first-order chi connectivity index (χ1) is 8.70. The van der Waals surface area contributed by atoms with Crippen molar-refractivity contribution in [2.75, 3.05) is 6.54 Å². The van der Waals surface area contributed by atoms with E-state index in [4.69, 9.17) is 16.7 Å². The standard InChI is InChI=1S/C14H19ClFNO2/c1-14(2,3)17(7-6-13(18)19)9-10-4-5-11(16)8-12(10)15/h4-5,8H,6-7,9H2,1-3H3,(H,18,19). The fraction of sp³-hybridized carbons (Fsp3) is 0.500. The lowest BCUT2D eigenvalue weighted by Crippen LogP contribution is -2.42. The van der Waals surface area contributed by atoms with E-state index in [1.807, 2.05) is 25.7 Å². The van der Waals surface area contributed by atoms with E-state index in [9.17, 15) is 9.18 Å². The van der Waals surface area contributed by atoms with Crippen LogP contribution in [0.15, 0.2) is 18.2 Å². The number of carboxylic acids is 1. The maximum absolute atomic E-state index is 13.0. The molecule has 5 heteroatoms. The van der Waals surface area contributed by atoms with Crippen LogP contribution in [0.3, 0.4) is 0 Å². The summed E-state index contributed by atoms with van der Waals surface area (Å²) in [4.78, 5) is 12.7. The number of carbonyl (C=O) groups is 1. The molecule has 0 heterocycles. The Bertz CT molecular complexity index is 457. The second-order valence-electron chi connectivity index (χ2n) is 5.47. The number of hydrogen-bond donors (Lipinski definition) is 1. The molecule has 0 spiro atoms. The van der Waals surface area contributed by atoms with Crippen LogP contribution in [-0.2, 0) is 11.3 Å². The molecule has 1 N–H and O–H groups in total. The van der Waals surface area contributed by atoms with Crippen molar-refractivity contribution in [2.45, 2.75) is 39.3 Å². The van der Waals surface area contributed by atoms with Gasteiger partial charge in [-0.2, -0.15) is 0 Å². The second-order valence-corrected chi connectivity index (χ2v) is 5.88. The van der Waals surface area contributed by atoms with Crippen LogP contribution in [0.2, 0.25) is 5.02 Å². The smallest absolute Gasteiger partial charge is 0.304 e. The summed E-state index contributed by atoms with van der Waals surface area (Å²) in [6, 6.07) is 4.27. The Hall–Kier alpha value is -1.13. The fourth-order valence-electron chi connectivity index (χ4n) is 1.74. The second kappa shape index (κ2) is 6.35. The first-order valence-corrected chi connectivity index (χ1v) is 6.48. The van der Waals surface area contributed by atoms with E-state index in [1.165, 1.54) is 12.1 Å². The molecule has 19 heavy (non-hydrogen) atoms. The van der Waals surface area contributed by atoms with Crippen LogP contribution in [0, 0.1) is 5.82 Å². The number of nitrogens with zero attached hydrogens (tertiary/aromatic N) is 1. The molecule has 1 aromatic rings. The van der Waals surface area contributed by atoms with Crippen molar-refractivity contribution < 1.29 is 14.3 Å². The molecule has 1 aromatic carbocycles. The van der Waals surface area contributed by atoms with Gasteiger partial charge < -0.3 is 5.11 Å². The van der Waals surface area contributed by atoms with Crippen molar-refractivity contribution in [1.29, 1.82) is 0 Å². The van der Waals surface area contributed by atoms with Gasteiger partial charge in [0.25, 0.3) is 0 Å². The third kappa shape index (κ3) is 5.17. The van der Waals surface area contributed by atoms with Crippen LogP contribution >= 0.6 is 11.6 Å². The van der Waals surface area contributed by atoms with Crippen molar-refractivity contribution in [3.8, 4) is 0 Å². The lowest BCUT2D eigenvalue weighted by atomic mass is 10.0. The van der Waals surface area contributed by atoms with Gasteiger partial charge >= 0.3 is 5.97 Å². The number of halogens is 2. The van der Waals surface area contributed by atoms with Gasteiger partial charge in [0.15, 0.2) is 0 Å². The Morgan fingerprint density at radius 3 is 2.53 bits per heavy atom. The molecule has 0 unspecified atom stereocenters. The molecule has 0 saturated heterocycles. The Labute approximate surface area is 118 Å². The topological polar surface area (TPSA) is 40.5 Å². The monoisotopic (exact) mass is 287 g/mol. The number of hydrogen-bond acceptors (Lipinski definition) is 2. The molecule has 0 radical (unpaired) electrons. The first-order valence-electron chi connectivity index (χ1n) is 6.11. The highest BCUT2D eigenvalue weighted by Crippen LogP contribution is 2.23. The molecule has 0 fully saturated rings. The lowest BCUT2D eigenvalue weighted by Gasteiger charge is -2.35. The number of carboxylic acid groups (broad SMARTS) is 1. The van der Waals surface area contributed by atoms with Gasteiger partial charge in [-0.25, -0.2) is 4.39 Å². The predicted molar refractivity (Wildman–Crippen MR) is 73.8 cm³/mol. The first kappa shape index (κ1) is 15.9. The van der Waals surface area contributed by atoms with Gasteiger partial charge in [-0.1, -0.05) is 17.7 Å². The van der Waals surface area contributed by atoms with Gasteiger partial charge in [-0.3, -0.25) is 9.69 Å². The van der Waals surface area contributed by atoms with Crippen LogP contribution in [0.1, 0.15) is 32.8 Å². The Morgan fingerprint density at radius 1 is 1.42 bits per heavy atom. The SMILES string of the molecule is CC(C)(C)N(CCC(=O)O)Cc1ccc(F)cc1Cl. The maximum atomic E-state index is 13.0. The van der Waals surface area contributed by atoms with Crippen LogP contribution < -0.4 is 0 Å². The van der Waals surface area contributed by atoms with Crippen molar-refractivity contribution >= 4 is 17.6 Å². The van der Waals surface area contributed by atoms with E-state index in [0.29, 0.717) is 18.1 Å². The van der Waals surface area contributed by atoms with Crippen molar-refractivity contribution in [1.82, 2.24) is 4.90 Å². The Balaban J connectivity index is 2.85. The number of benzene rings is 1. The molecule has 106 valence electrons. The van der Waals surface area contributed by atoms with Gasteiger partial charge in [0.2, 0.25) is 0 Å². The van der Waals surface area contributed by atoms with E-state index >= 15 is 0 Å². The normalized spacial score (nSPS) is 11.9. The van der Waals surface area contributed by atoms with Gasteiger partial charge in [0, 0.05) is 23.7 Å². The summed E-state index contributed by atoms with van der Waals surface area (Å²) in [7, 11) is 0. The molecular weight excluding hydrogens is 269 g/mol. The average molecular weight is 288 g/mol. The molecule has 1 rings (SSSR count). The highest BCUT2D eigenvalue weighted by Gasteiger charge is 2.22.